The molecule has 0 amide bonds. The van der Waals surface area contributed by atoms with Crippen molar-refractivity contribution >= 4 is 11.6 Å². The summed E-state index contributed by atoms with van der Waals surface area (Å²) in [5.74, 6) is 1.29. The van der Waals surface area contributed by atoms with E-state index in [1.54, 1.807) is 0 Å². The van der Waals surface area contributed by atoms with Gasteiger partial charge in [0.1, 0.15) is 12.4 Å². The molecule has 1 saturated heterocycles. The van der Waals surface area contributed by atoms with E-state index in [9.17, 15) is 5.11 Å². The Morgan fingerprint density at radius 3 is 2.72 bits per heavy atom. The number of likely N-dealkylation sites (tertiary alicyclic amines) is 1. The Bertz CT molecular complexity index is 428. The Morgan fingerprint density at radius 2 is 2.06 bits per heavy atom. The molecule has 1 saturated carbocycles. The Kier molecular flexibility index (Phi) is 3.22. The Labute approximate surface area is 112 Å². The second-order valence-electron chi connectivity index (χ2n) is 5.37. The normalized spacial score (nSPS) is 22.6. The Balaban J connectivity index is 1.40. The molecule has 0 aromatic heterocycles. The first-order chi connectivity index (χ1) is 8.67. The lowest BCUT2D eigenvalue weighted by atomic mass is 9.89. The number of β-amino-alcohol motifs (C(OH)–C–C–N with tert-alkyl or cyclic N) is 1. The molecule has 4 heteroatoms. The quantitative estimate of drug-likeness (QED) is 0.888. The van der Waals surface area contributed by atoms with Crippen LogP contribution in [0.4, 0.5) is 0 Å². The summed E-state index contributed by atoms with van der Waals surface area (Å²) in [7, 11) is 0. The third kappa shape index (κ3) is 2.48. The van der Waals surface area contributed by atoms with Crippen molar-refractivity contribution in [2.45, 2.75) is 18.4 Å². The van der Waals surface area contributed by atoms with Crippen LogP contribution in [0.5, 0.6) is 5.75 Å². The lowest BCUT2D eigenvalue weighted by molar-refractivity contribution is -0.115. The average Bonchev–Trinajstić information content (AvgIpc) is 3.13. The molecular formula is C14H18ClNO2. The van der Waals surface area contributed by atoms with Gasteiger partial charge in [0.05, 0.1) is 10.6 Å². The van der Waals surface area contributed by atoms with Crippen molar-refractivity contribution < 1.29 is 9.84 Å². The number of hydrogen-bond donors (Lipinski definition) is 1. The van der Waals surface area contributed by atoms with Gasteiger partial charge in [-0.05, 0) is 30.9 Å². The summed E-state index contributed by atoms with van der Waals surface area (Å²) in [5.41, 5.74) is -0.398. The molecule has 1 aromatic carbocycles. The molecular weight excluding hydrogens is 250 g/mol. The minimum absolute atomic E-state index is 0.398. The first-order valence-electron chi connectivity index (χ1n) is 6.49. The summed E-state index contributed by atoms with van der Waals surface area (Å²) in [6.45, 7) is 3.05. The van der Waals surface area contributed by atoms with Crippen LogP contribution in [0, 0.1) is 5.92 Å². The lowest BCUT2D eigenvalue weighted by Gasteiger charge is -2.47. The molecule has 18 heavy (non-hydrogen) atoms. The molecule has 0 unspecified atom stereocenters. The predicted octanol–water partition coefficient (Wildman–Crippen LogP) is 2.18. The van der Waals surface area contributed by atoms with E-state index < -0.39 is 5.60 Å². The van der Waals surface area contributed by atoms with Crippen LogP contribution in [-0.2, 0) is 0 Å². The second-order valence-corrected chi connectivity index (χ2v) is 5.77. The SMILES string of the molecule is OC1(C2CC2)CN(CCOc2ccccc2Cl)C1. The monoisotopic (exact) mass is 267 g/mol. The summed E-state index contributed by atoms with van der Waals surface area (Å²) in [5, 5.41) is 10.8. The van der Waals surface area contributed by atoms with Gasteiger partial charge in [-0.15, -0.1) is 0 Å². The summed E-state index contributed by atoms with van der Waals surface area (Å²) >= 11 is 6.00. The number of benzene rings is 1. The van der Waals surface area contributed by atoms with E-state index in [0.29, 0.717) is 17.5 Å². The van der Waals surface area contributed by atoms with Gasteiger partial charge in [0.25, 0.3) is 0 Å². The van der Waals surface area contributed by atoms with Gasteiger partial charge in [-0.3, -0.25) is 4.90 Å². The number of rotatable bonds is 5. The van der Waals surface area contributed by atoms with E-state index in [-0.39, 0.29) is 0 Å². The fourth-order valence-electron chi connectivity index (χ4n) is 2.61. The highest BCUT2D eigenvalue weighted by atomic mass is 35.5. The zero-order valence-electron chi connectivity index (χ0n) is 10.3. The van der Waals surface area contributed by atoms with Gasteiger partial charge < -0.3 is 9.84 Å². The van der Waals surface area contributed by atoms with Crippen molar-refractivity contribution in [1.82, 2.24) is 4.90 Å². The van der Waals surface area contributed by atoms with Gasteiger partial charge in [0.15, 0.2) is 0 Å². The third-order valence-corrected chi connectivity index (χ3v) is 4.15. The van der Waals surface area contributed by atoms with E-state index in [1.807, 2.05) is 24.3 Å². The number of halogens is 1. The lowest BCUT2D eigenvalue weighted by Crippen LogP contribution is -2.63. The highest BCUT2D eigenvalue weighted by Gasteiger charge is 2.51. The Hall–Kier alpha value is -0.770. The third-order valence-electron chi connectivity index (χ3n) is 3.83. The molecule has 2 fully saturated rings. The number of hydrogen-bond acceptors (Lipinski definition) is 3. The van der Waals surface area contributed by atoms with Crippen LogP contribution in [0.1, 0.15) is 12.8 Å². The molecule has 0 spiro atoms. The van der Waals surface area contributed by atoms with Crippen LogP contribution in [0.15, 0.2) is 24.3 Å². The molecule has 2 aliphatic rings. The van der Waals surface area contributed by atoms with Crippen molar-refractivity contribution in [2.24, 2.45) is 5.92 Å². The van der Waals surface area contributed by atoms with Crippen molar-refractivity contribution in [3.63, 3.8) is 0 Å². The summed E-state index contributed by atoms with van der Waals surface area (Å²) < 4.78 is 5.63. The van der Waals surface area contributed by atoms with E-state index in [4.69, 9.17) is 16.3 Å². The number of ether oxygens (including phenoxy) is 1. The maximum Gasteiger partial charge on any atom is 0.137 e. The van der Waals surface area contributed by atoms with Gasteiger partial charge in [-0.1, -0.05) is 23.7 Å². The maximum atomic E-state index is 10.2. The fourth-order valence-corrected chi connectivity index (χ4v) is 2.80. The van der Waals surface area contributed by atoms with Crippen molar-refractivity contribution in [1.29, 1.82) is 0 Å². The Morgan fingerprint density at radius 1 is 1.33 bits per heavy atom. The van der Waals surface area contributed by atoms with Crippen LogP contribution in [0.2, 0.25) is 5.02 Å². The maximum absolute atomic E-state index is 10.2. The second kappa shape index (κ2) is 4.72. The van der Waals surface area contributed by atoms with Crippen LogP contribution < -0.4 is 4.74 Å². The van der Waals surface area contributed by atoms with E-state index in [2.05, 4.69) is 4.90 Å². The van der Waals surface area contributed by atoms with Crippen LogP contribution in [0.3, 0.4) is 0 Å². The first-order valence-corrected chi connectivity index (χ1v) is 6.87. The molecule has 1 aromatic rings. The smallest absolute Gasteiger partial charge is 0.137 e. The van der Waals surface area contributed by atoms with Gasteiger partial charge >= 0.3 is 0 Å². The molecule has 1 N–H and O–H groups in total. The largest absolute Gasteiger partial charge is 0.491 e. The van der Waals surface area contributed by atoms with E-state index in [1.165, 1.54) is 12.8 Å². The van der Waals surface area contributed by atoms with Gasteiger partial charge in [0, 0.05) is 19.6 Å². The minimum atomic E-state index is -0.398. The van der Waals surface area contributed by atoms with Crippen molar-refractivity contribution in [3.05, 3.63) is 29.3 Å². The highest BCUT2D eigenvalue weighted by molar-refractivity contribution is 6.32. The number of nitrogens with zero attached hydrogens (tertiary/aromatic N) is 1. The molecule has 1 aliphatic carbocycles. The molecule has 0 radical (unpaired) electrons. The van der Waals surface area contributed by atoms with Crippen LogP contribution in [0.25, 0.3) is 0 Å². The van der Waals surface area contributed by atoms with Crippen molar-refractivity contribution in [2.75, 3.05) is 26.2 Å². The van der Waals surface area contributed by atoms with Crippen molar-refractivity contribution in [3.8, 4) is 5.75 Å². The molecule has 1 heterocycles. The summed E-state index contributed by atoms with van der Waals surface area (Å²) in [6.07, 6.45) is 2.39. The van der Waals surface area contributed by atoms with E-state index in [0.717, 1.165) is 25.4 Å². The summed E-state index contributed by atoms with van der Waals surface area (Å²) in [6, 6.07) is 7.50. The zero-order chi connectivity index (χ0) is 12.6. The molecule has 0 atom stereocenters. The number of para-hydroxylation sites is 1. The zero-order valence-corrected chi connectivity index (χ0v) is 11.1. The predicted molar refractivity (Wildman–Crippen MR) is 71.1 cm³/mol. The fraction of sp³-hybridized carbons (Fsp3) is 0.571. The van der Waals surface area contributed by atoms with E-state index >= 15 is 0 Å². The number of aliphatic hydroxyl groups is 1. The molecule has 98 valence electrons. The van der Waals surface area contributed by atoms with Crippen LogP contribution in [-0.4, -0.2) is 41.8 Å². The van der Waals surface area contributed by atoms with Gasteiger partial charge in [-0.2, -0.15) is 0 Å². The van der Waals surface area contributed by atoms with Crippen LogP contribution >= 0.6 is 11.6 Å². The molecule has 1 aliphatic heterocycles. The molecule has 3 nitrogen and oxygen atoms in total. The average molecular weight is 268 g/mol. The topological polar surface area (TPSA) is 32.7 Å². The molecule has 3 rings (SSSR count). The first kappa shape index (κ1) is 12.3. The summed E-state index contributed by atoms with van der Waals surface area (Å²) in [4.78, 5) is 2.23. The highest BCUT2D eigenvalue weighted by Crippen LogP contribution is 2.44. The minimum Gasteiger partial charge on any atom is -0.491 e. The van der Waals surface area contributed by atoms with Gasteiger partial charge in [0.2, 0.25) is 0 Å². The van der Waals surface area contributed by atoms with Gasteiger partial charge in [-0.25, -0.2) is 0 Å². The molecule has 0 bridgehead atoms. The standard InChI is InChI=1S/C14H18ClNO2/c15-12-3-1-2-4-13(12)18-8-7-16-9-14(17,10-16)11-5-6-11/h1-4,11,17H,5-10H2.